The Kier molecular flexibility index (Phi) is 3.81. The Morgan fingerprint density at radius 2 is 2.00 bits per heavy atom. The van der Waals surface area contributed by atoms with E-state index in [-0.39, 0.29) is 5.41 Å². The van der Waals surface area contributed by atoms with E-state index in [1.54, 1.807) is 30.3 Å². The van der Waals surface area contributed by atoms with Gasteiger partial charge in [-0.3, -0.25) is 9.67 Å². The highest BCUT2D eigenvalue weighted by Gasteiger charge is 2.26. The third-order valence-electron chi connectivity index (χ3n) is 3.15. The molecule has 5 heteroatoms. The van der Waals surface area contributed by atoms with Crippen LogP contribution in [0.4, 0.5) is 0 Å². The van der Waals surface area contributed by atoms with Gasteiger partial charge in [0.1, 0.15) is 11.9 Å². The maximum atomic E-state index is 10.6. The summed E-state index contributed by atoms with van der Waals surface area (Å²) in [6, 6.07) is 1.79. The molecule has 1 N–H and O–H groups in total. The molecule has 2 rings (SSSR count). The van der Waals surface area contributed by atoms with E-state index in [1.807, 2.05) is 13.2 Å². The van der Waals surface area contributed by atoms with Crippen molar-refractivity contribution < 1.29 is 9.84 Å². The highest BCUT2D eigenvalue weighted by molar-refractivity contribution is 5.35. The second-order valence-corrected chi connectivity index (χ2v) is 5.92. The first-order chi connectivity index (χ1) is 9.32. The molecule has 2 aromatic heterocycles. The van der Waals surface area contributed by atoms with Gasteiger partial charge in [-0.15, -0.1) is 0 Å². The Morgan fingerprint density at radius 1 is 1.30 bits per heavy atom. The van der Waals surface area contributed by atoms with E-state index in [1.165, 1.54) is 0 Å². The molecule has 0 spiro atoms. The molecule has 1 atom stereocenters. The molecule has 108 valence electrons. The summed E-state index contributed by atoms with van der Waals surface area (Å²) in [5.74, 6) is 0.628. The highest BCUT2D eigenvalue weighted by Crippen LogP contribution is 2.32. The predicted molar refractivity (Wildman–Crippen MR) is 76.8 cm³/mol. The number of aromatic nitrogens is 3. The first-order valence-corrected chi connectivity index (χ1v) is 6.54. The summed E-state index contributed by atoms with van der Waals surface area (Å²) in [5, 5.41) is 15.1. The molecule has 0 saturated carbocycles. The molecule has 5 nitrogen and oxygen atoms in total. The first kappa shape index (κ1) is 14.5. The summed E-state index contributed by atoms with van der Waals surface area (Å²) in [7, 11) is 3.44. The van der Waals surface area contributed by atoms with Crippen LogP contribution in [0.25, 0.3) is 0 Å². The molecular weight excluding hydrogens is 254 g/mol. The summed E-state index contributed by atoms with van der Waals surface area (Å²) >= 11 is 0. The molecule has 0 aromatic carbocycles. The van der Waals surface area contributed by atoms with Crippen molar-refractivity contribution in [3.05, 3.63) is 41.5 Å². The zero-order chi connectivity index (χ0) is 14.9. The van der Waals surface area contributed by atoms with Gasteiger partial charge in [0.2, 0.25) is 0 Å². The minimum atomic E-state index is -0.763. The number of aryl methyl sites for hydroxylation is 1. The molecule has 0 amide bonds. The Labute approximate surface area is 119 Å². The smallest absolute Gasteiger partial charge is 0.137 e. The van der Waals surface area contributed by atoms with Crippen molar-refractivity contribution in [2.45, 2.75) is 32.3 Å². The second-order valence-electron chi connectivity index (χ2n) is 5.92. The zero-order valence-corrected chi connectivity index (χ0v) is 12.6. The molecule has 0 bridgehead atoms. The van der Waals surface area contributed by atoms with Crippen LogP contribution < -0.4 is 4.74 Å². The topological polar surface area (TPSA) is 60.2 Å². The number of methoxy groups -OCH3 is 1. The molecule has 1 unspecified atom stereocenters. The Morgan fingerprint density at radius 3 is 2.60 bits per heavy atom. The van der Waals surface area contributed by atoms with E-state index in [0.29, 0.717) is 11.3 Å². The number of pyridine rings is 1. The number of rotatable bonds is 3. The van der Waals surface area contributed by atoms with Crippen molar-refractivity contribution >= 4 is 0 Å². The van der Waals surface area contributed by atoms with Crippen molar-refractivity contribution in [3.63, 3.8) is 0 Å². The van der Waals surface area contributed by atoms with Crippen LogP contribution in [0.15, 0.2) is 24.7 Å². The third kappa shape index (κ3) is 2.82. The number of nitrogens with zero attached hydrogens (tertiary/aromatic N) is 3. The van der Waals surface area contributed by atoms with Crippen LogP contribution >= 0.6 is 0 Å². The van der Waals surface area contributed by atoms with Crippen LogP contribution in [0.5, 0.6) is 5.75 Å². The monoisotopic (exact) mass is 275 g/mol. The summed E-state index contributed by atoms with van der Waals surface area (Å²) in [6.45, 7) is 6.24. The van der Waals surface area contributed by atoms with Crippen LogP contribution in [0, 0.1) is 0 Å². The quantitative estimate of drug-likeness (QED) is 0.933. The fourth-order valence-corrected chi connectivity index (χ4v) is 2.17. The van der Waals surface area contributed by atoms with Crippen LogP contribution in [0.1, 0.15) is 43.7 Å². The normalized spacial score (nSPS) is 13.3. The Hall–Kier alpha value is -1.88. The molecule has 2 heterocycles. The molecule has 0 saturated heterocycles. The van der Waals surface area contributed by atoms with Crippen LogP contribution in [-0.2, 0) is 12.5 Å². The van der Waals surface area contributed by atoms with Gasteiger partial charge in [-0.05, 0) is 6.07 Å². The minimum Gasteiger partial charge on any atom is -0.495 e. The molecular formula is C15H21N3O2. The number of hydrogen-bond acceptors (Lipinski definition) is 4. The van der Waals surface area contributed by atoms with Gasteiger partial charge in [-0.2, -0.15) is 5.10 Å². The highest BCUT2D eigenvalue weighted by atomic mass is 16.5. The van der Waals surface area contributed by atoms with Gasteiger partial charge in [0.05, 0.1) is 19.0 Å². The van der Waals surface area contributed by atoms with Crippen molar-refractivity contribution in [1.82, 2.24) is 14.8 Å². The SMILES string of the molecule is COc1cncc(C(O)c2cn(C)nc2C(C)(C)C)c1. The first-order valence-electron chi connectivity index (χ1n) is 6.54. The fourth-order valence-electron chi connectivity index (χ4n) is 2.17. The summed E-state index contributed by atoms with van der Waals surface area (Å²) in [5.41, 5.74) is 2.25. The van der Waals surface area contributed by atoms with Gasteiger partial charge >= 0.3 is 0 Å². The van der Waals surface area contributed by atoms with Crippen LogP contribution in [-0.4, -0.2) is 27.0 Å². The van der Waals surface area contributed by atoms with E-state index in [4.69, 9.17) is 4.74 Å². The van der Waals surface area contributed by atoms with Gasteiger partial charge < -0.3 is 9.84 Å². The van der Waals surface area contributed by atoms with Gasteiger partial charge in [0.25, 0.3) is 0 Å². The lowest BCUT2D eigenvalue weighted by molar-refractivity contribution is 0.216. The van der Waals surface area contributed by atoms with Gasteiger partial charge in [0, 0.05) is 36.0 Å². The molecule has 0 aliphatic rings. The second kappa shape index (κ2) is 5.25. The van der Waals surface area contributed by atoms with Crippen LogP contribution in [0.3, 0.4) is 0 Å². The van der Waals surface area contributed by atoms with Crippen molar-refractivity contribution in [2.75, 3.05) is 7.11 Å². The van der Waals surface area contributed by atoms with Crippen LogP contribution in [0.2, 0.25) is 0 Å². The molecule has 2 aromatic rings. The minimum absolute atomic E-state index is 0.135. The maximum absolute atomic E-state index is 10.6. The summed E-state index contributed by atoms with van der Waals surface area (Å²) in [6.07, 6.45) is 4.35. The molecule has 0 fully saturated rings. The molecule has 20 heavy (non-hydrogen) atoms. The van der Waals surface area contributed by atoms with E-state index in [9.17, 15) is 5.11 Å². The Bertz CT molecular complexity index is 599. The Balaban J connectivity index is 2.45. The van der Waals surface area contributed by atoms with Gasteiger partial charge in [0.15, 0.2) is 0 Å². The average Bonchev–Trinajstić information content (AvgIpc) is 2.80. The number of ether oxygens (including phenoxy) is 1. The molecule has 0 aliphatic heterocycles. The number of aliphatic hydroxyl groups excluding tert-OH is 1. The van der Waals surface area contributed by atoms with Crippen molar-refractivity contribution in [2.24, 2.45) is 7.05 Å². The standard InChI is InChI=1S/C15H21N3O2/c1-15(2,3)14-12(9-18(4)17-14)13(19)10-6-11(20-5)8-16-7-10/h6-9,13,19H,1-5H3. The average molecular weight is 275 g/mol. The lowest BCUT2D eigenvalue weighted by Crippen LogP contribution is -2.16. The zero-order valence-electron chi connectivity index (χ0n) is 12.6. The summed E-state index contributed by atoms with van der Waals surface area (Å²) < 4.78 is 6.88. The van der Waals surface area contributed by atoms with E-state index in [2.05, 4.69) is 30.9 Å². The molecule has 0 aliphatic carbocycles. The predicted octanol–water partition coefficient (Wildman–Crippen LogP) is 2.20. The largest absolute Gasteiger partial charge is 0.495 e. The fraction of sp³-hybridized carbons (Fsp3) is 0.467. The molecule has 0 radical (unpaired) electrons. The van der Waals surface area contributed by atoms with Gasteiger partial charge in [-0.25, -0.2) is 0 Å². The number of hydrogen-bond donors (Lipinski definition) is 1. The van der Waals surface area contributed by atoms with E-state index < -0.39 is 6.10 Å². The number of aliphatic hydroxyl groups is 1. The van der Waals surface area contributed by atoms with Gasteiger partial charge in [-0.1, -0.05) is 20.8 Å². The van der Waals surface area contributed by atoms with Crippen molar-refractivity contribution in [3.8, 4) is 5.75 Å². The van der Waals surface area contributed by atoms with E-state index >= 15 is 0 Å². The summed E-state index contributed by atoms with van der Waals surface area (Å²) in [4.78, 5) is 4.09. The maximum Gasteiger partial charge on any atom is 0.137 e. The van der Waals surface area contributed by atoms with Crippen molar-refractivity contribution in [1.29, 1.82) is 0 Å². The van der Waals surface area contributed by atoms with E-state index in [0.717, 1.165) is 11.3 Å². The lowest BCUT2D eigenvalue weighted by atomic mass is 9.87. The third-order valence-corrected chi connectivity index (χ3v) is 3.15. The lowest BCUT2D eigenvalue weighted by Gasteiger charge is -2.20.